The van der Waals surface area contributed by atoms with Gasteiger partial charge in [-0.2, -0.15) is 5.26 Å². The fourth-order valence-electron chi connectivity index (χ4n) is 2.99. The molecule has 0 aliphatic carbocycles. The summed E-state index contributed by atoms with van der Waals surface area (Å²) in [6, 6.07) is 4.11. The molecule has 0 aliphatic heterocycles. The molecule has 8 heteroatoms. The Hall–Kier alpha value is -2.50. The quantitative estimate of drug-likeness (QED) is 0.583. The molecule has 2 aromatic heterocycles. The zero-order valence-electron chi connectivity index (χ0n) is 17.5. The third-order valence-corrected chi connectivity index (χ3v) is 5.59. The van der Waals surface area contributed by atoms with E-state index in [2.05, 4.69) is 27.0 Å². The first-order valence-corrected chi connectivity index (χ1v) is 9.84. The molecule has 0 aromatic carbocycles. The van der Waals surface area contributed by atoms with Gasteiger partial charge in [0, 0.05) is 23.9 Å². The largest absolute Gasteiger partial charge is 0.383 e. The number of anilines is 1. The van der Waals surface area contributed by atoms with Crippen molar-refractivity contribution in [3.63, 3.8) is 0 Å². The highest BCUT2D eigenvalue weighted by Gasteiger charge is 2.21. The monoisotopic (exact) mass is 401 g/mol. The van der Waals surface area contributed by atoms with E-state index in [4.69, 9.17) is 4.74 Å². The number of hydrogen-bond acceptors (Lipinski definition) is 6. The van der Waals surface area contributed by atoms with Crippen LogP contribution in [0.2, 0.25) is 0 Å². The van der Waals surface area contributed by atoms with Crippen LogP contribution >= 0.6 is 11.3 Å². The first-order valence-electron chi connectivity index (χ1n) is 9.03. The number of carbonyl (C=O) groups is 1. The van der Waals surface area contributed by atoms with Crippen molar-refractivity contribution in [3.05, 3.63) is 33.6 Å². The molecule has 2 aromatic rings. The molecule has 0 aliphatic rings. The maximum Gasteiger partial charge on any atom is 0.268 e. The number of ether oxygens (including phenoxy) is 1. The number of nitrogens with zero attached hydrogens (tertiary/aromatic N) is 4. The van der Waals surface area contributed by atoms with E-state index in [9.17, 15) is 10.1 Å². The maximum absolute atomic E-state index is 12.6. The Morgan fingerprint density at radius 1 is 1.43 bits per heavy atom. The van der Waals surface area contributed by atoms with Crippen molar-refractivity contribution in [2.75, 3.05) is 19.0 Å². The molecule has 1 N–H and O–H groups in total. The lowest BCUT2D eigenvalue weighted by atomic mass is 9.98. The summed E-state index contributed by atoms with van der Waals surface area (Å²) in [5.41, 5.74) is 2.73. The minimum absolute atomic E-state index is 0.0205. The predicted octanol–water partition coefficient (Wildman–Crippen LogP) is 4.01. The Balaban J connectivity index is 2.26. The molecule has 1 atom stereocenters. The molecule has 0 spiro atoms. The van der Waals surface area contributed by atoms with E-state index >= 15 is 0 Å². The summed E-state index contributed by atoms with van der Waals surface area (Å²) in [4.78, 5) is 12.6. The molecule has 28 heavy (non-hydrogen) atoms. The highest BCUT2D eigenvalue weighted by molar-refractivity contribution is 7.15. The minimum atomic E-state index is -0.492. The van der Waals surface area contributed by atoms with Crippen LogP contribution < -0.4 is 5.32 Å². The second-order valence-corrected chi connectivity index (χ2v) is 8.76. The lowest BCUT2D eigenvalue weighted by Gasteiger charge is -2.17. The summed E-state index contributed by atoms with van der Waals surface area (Å²) in [5, 5.41) is 21.5. The van der Waals surface area contributed by atoms with E-state index < -0.39 is 5.91 Å². The molecule has 0 saturated heterocycles. The number of methoxy groups -OCH3 is 1. The number of rotatable bonds is 6. The molecular weight excluding hydrogens is 374 g/mol. The summed E-state index contributed by atoms with van der Waals surface area (Å²) in [6.45, 7) is 12.7. The Labute approximate surface area is 170 Å². The fourth-order valence-corrected chi connectivity index (χ4v) is 3.78. The highest BCUT2D eigenvalue weighted by atomic mass is 32.1. The Morgan fingerprint density at radius 2 is 2.11 bits per heavy atom. The molecule has 7 nitrogen and oxygen atoms in total. The standard InChI is InChI=1S/C20H27N5O2S/c1-12-8-15(14(3)25(12)13(2)11-27-7)9-16(10-21)17(26)22-19-24-23-18(28-19)20(4,5)6/h8-9,13H,11H2,1-7H3,(H,22,24,26)/b16-9-. The van der Waals surface area contributed by atoms with Gasteiger partial charge in [0.15, 0.2) is 0 Å². The summed E-state index contributed by atoms with van der Waals surface area (Å²) in [7, 11) is 1.67. The van der Waals surface area contributed by atoms with Crippen molar-refractivity contribution in [1.29, 1.82) is 5.26 Å². The number of nitrogens with one attached hydrogen (secondary N) is 1. The van der Waals surface area contributed by atoms with Crippen LogP contribution in [0.1, 0.15) is 55.7 Å². The van der Waals surface area contributed by atoms with E-state index in [0.29, 0.717) is 11.7 Å². The molecule has 0 bridgehead atoms. The van der Waals surface area contributed by atoms with Crippen molar-refractivity contribution in [3.8, 4) is 6.07 Å². The predicted molar refractivity (Wildman–Crippen MR) is 111 cm³/mol. The van der Waals surface area contributed by atoms with Crippen LogP contribution in [0.3, 0.4) is 0 Å². The summed E-state index contributed by atoms with van der Waals surface area (Å²) in [5.74, 6) is -0.492. The van der Waals surface area contributed by atoms with Gasteiger partial charge in [0.1, 0.15) is 16.6 Å². The molecule has 1 amide bonds. The summed E-state index contributed by atoms with van der Waals surface area (Å²) in [6.07, 6.45) is 1.61. The lowest BCUT2D eigenvalue weighted by molar-refractivity contribution is -0.112. The number of aromatic nitrogens is 3. The van der Waals surface area contributed by atoms with Crippen molar-refractivity contribution in [2.45, 2.75) is 53.0 Å². The van der Waals surface area contributed by atoms with Crippen LogP contribution in [0.25, 0.3) is 6.08 Å². The van der Waals surface area contributed by atoms with E-state index in [1.54, 1.807) is 13.2 Å². The molecule has 150 valence electrons. The minimum Gasteiger partial charge on any atom is -0.383 e. The molecule has 1 unspecified atom stereocenters. The van der Waals surface area contributed by atoms with Gasteiger partial charge >= 0.3 is 0 Å². The molecule has 0 fully saturated rings. The smallest absolute Gasteiger partial charge is 0.268 e. The molecule has 2 rings (SSSR count). The van der Waals surface area contributed by atoms with Crippen LogP contribution in [0.15, 0.2) is 11.6 Å². The topological polar surface area (TPSA) is 92.8 Å². The summed E-state index contributed by atoms with van der Waals surface area (Å²) < 4.78 is 7.39. The van der Waals surface area contributed by atoms with E-state index in [1.165, 1.54) is 11.3 Å². The Kier molecular flexibility index (Phi) is 6.75. The number of amides is 1. The normalized spacial score (nSPS) is 13.3. The fraction of sp³-hybridized carbons (Fsp3) is 0.500. The molecule has 0 radical (unpaired) electrons. The van der Waals surface area contributed by atoms with E-state index in [0.717, 1.165) is 22.0 Å². The van der Waals surface area contributed by atoms with Gasteiger partial charge in [0.2, 0.25) is 5.13 Å². The number of carbonyl (C=O) groups excluding carboxylic acids is 1. The number of hydrogen-bond donors (Lipinski definition) is 1. The van der Waals surface area contributed by atoms with Crippen LogP contribution in [-0.2, 0) is 14.9 Å². The van der Waals surface area contributed by atoms with Crippen LogP contribution in [-0.4, -0.2) is 34.4 Å². The lowest BCUT2D eigenvalue weighted by Crippen LogP contribution is -2.14. The van der Waals surface area contributed by atoms with Crippen molar-refractivity contribution >= 4 is 28.5 Å². The average Bonchev–Trinajstić information content (AvgIpc) is 3.17. The second kappa shape index (κ2) is 8.67. The van der Waals surface area contributed by atoms with Crippen LogP contribution in [0.4, 0.5) is 5.13 Å². The Morgan fingerprint density at radius 3 is 2.64 bits per heavy atom. The van der Waals surface area contributed by atoms with Crippen LogP contribution in [0, 0.1) is 25.2 Å². The van der Waals surface area contributed by atoms with Gasteiger partial charge in [-0.3, -0.25) is 10.1 Å². The van der Waals surface area contributed by atoms with Crippen molar-refractivity contribution in [1.82, 2.24) is 14.8 Å². The molecule has 0 saturated carbocycles. The van der Waals surface area contributed by atoms with Gasteiger partial charge in [0.05, 0.1) is 12.6 Å². The van der Waals surface area contributed by atoms with Gasteiger partial charge in [-0.1, -0.05) is 32.1 Å². The van der Waals surface area contributed by atoms with Gasteiger partial charge in [0.25, 0.3) is 5.91 Å². The number of nitriles is 1. The average molecular weight is 402 g/mol. The maximum atomic E-state index is 12.6. The van der Waals surface area contributed by atoms with Gasteiger partial charge in [-0.05, 0) is 38.5 Å². The number of aryl methyl sites for hydroxylation is 1. The Bertz CT molecular complexity index is 928. The zero-order valence-corrected chi connectivity index (χ0v) is 18.3. The first kappa shape index (κ1) is 21.8. The van der Waals surface area contributed by atoms with Crippen molar-refractivity contribution < 1.29 is 9.53 Å². The second-order valence-electron chi connectivity index (χ2n) is 7.79. The van der Waals surface area contributed by atoms with Gasteiger partial charge in [-0.15, -0.1) is 10.2 Å². The van der Waals surface area contributed by atoms with Crippen LogP contribution in [0.5, 0.6) is 0 Å². The highest BCUT2D eigenvalue weighted by Crippen LogP contribution is 2.28. The van der Waals surface area contributed by atoms with Gasteiger partial charge in [-0.25, -0.2) is 0 Å². The third-order valence-electron chi connectivity index (χ3n) is 4.32. The molecular formula is C20H27N5O2S. The van der Waals surface area contributed by atoms with E-state index in [1.807, 2.05) is 46.8 Å². The summed E-state index contributed by atoms with van der Waals surface area (Å²) >= 11 is 1.31. The van der Waals surface area contributed by atoms with Gasteiger partial charge < -0.3 is 9.30 Å². The molecule has 2 heterocycles. The van der Waals surface area contributed by atoms with E-state index in [-0.39, 0.29) is 17.0 Å². The van der Waals surface area contributed by atoms with Crippen molar-refractivity contribution in [2.24, 2.45) is 0 Å². The zero-order chi connectivity index (χ0) is 21.1. The SMILES string of the molecule is COCC(C)n1c(C)cc(/C=C(/C#N)C(=O)Nc2nnc(C(C)(C)C)s2)c1C. The third kappa shape index (κ3) is 4.86. The first-order chi connectivity index (χ1) is 13.1.